The van der Waals surface area contributed by atoms with E-state index in [0.717, 1.165) is 19.3 Å². The fourth-order valence-corrected chi connectivity index (χ4v) is 2.18. The van der Waals surface area contributed by atoms with Crippen molar-refractivity contribution in [2.24, 2.45) is 0 Å². The first-order valence-corrected chi connectivity index (χ1v) is 7.70. The van der Waals surface area contributed by atoms with Crippen LogP contribution in [0.3, 0.4) is 0 Å². The Labute approximate surface area is 165 Å². The molecule has 0 radical (unpaired) electrons. The number of hydrogen-bond acceptors (Lipinski definition) is 4. The summed E-state index contributed by atoms with van der Waals surface area (Å²) >= 11 is 0. The maximum atomic E-state index is 10.7. The average Bonchev–Trinajstić information content (AvgIpc) is 2.39. The standard InChI is InChI=1S/C16H28O4.Sr/c1-2-3-4-5-6-7-8-9-10-11-12-14(16(19)20)13-15(17)18;/h13H,2-12H2,1H3,(H,17,18)(H,19,20);/q;+2/p-2/b14-13-;. The Morgan fingerprint density at radius 3 is 1.62 bits per heavy atom. The van der Waals surface area contributed by atoms with Crippen LogP contribution in [0.1, 0.15) is 77.6 Å². The Balaban J connectivity index is 0. The Bertz CT molecular complexity index is 313. The van der Waals surface area contributed by atoms with Crippen LogP contribution < -0.4 is 10.2 Å². The molecule has 4 nitrogen and oxygen atoms in total. The third-order valence-electron chi connectivity index (χ3n) is 3.35. The molecule has 0 heterocycles. The van der Waals surface area contributed by atoms with Crippen molar-refractivity contribution in [3.05, 3.63) is 11.6 Å². The maximum Gasteiger partial charge on any atom is 2.00 e. The minimum absolute atomic E-state index is 0. The van der Waals surface area contributed by atoms with Crippen LogP contribution in [0.4, 0.5) is 0 Å². The van der Waals surface area contributed by atoms with Crippen molar-refractivity contribution >= 4 is 57.4 Å². The molecule has 0 aromatic rings. The summed E-state index contributed by atoms with van der Waals surface area (Å²) in [6.45, 7) is 2.20. The van der Waals surface area contributed by atoms with Crippen LogP contribution in [-0.4, -0.2) is 57.4 Å². The zero-order valence-corrected chi connectivity index (χ0v) is 16.7. The molecule has 0 N–H and O–H groups in total. The normalized spacial score (nSPS) is 11.0. The van der Waals surface area contributed by atoms with E-state index in [2.05, 4.69) is 6.92 Å². The van der Waals surface area contributed by atoms with E-state index in [0.29, 0.717) is 12.5 Å². The van der Waals surface area contributed by atoms with Gasteiger partial charge >= 0.3 is 45.5 Å². The fourth-order valence-electron chi connectivity index (χ4n) is 2.18. The van der Waals surface area contributed by atoms with Crippen molar-refractivity contribution in [2.45, 2.75) is 77.6 Å². The molecule has 0 rings (SSSR count). The summed E-state index contributed by atoms with van der Waals surface area (Å²) < 4.78 is 0. The molecular formula is C16H26O4Sr. The number of rotatable bonds is 13. The summed E-state index contributed by atoms with van der Waals surface area (Å²) in [7, 11) is 0. The maximum absolute atomic E-state index is 10.7. The average molecular weight is 370 g/mol. The van der Waals surface area contributed by atoms with Crippen molar-refractivity contribution in [3.63, 3.8) is 0 Å². The SMILES string of the molecule is CCCCCCCCCCCC/C(=C/C(=O)[O-])C(=O)[O-].[Sr+2]. The van der Waals surface area contributed by atoms with Gasteiger partial charge in [0, 0.05) is 0 Å². The Hall–Kier alpha value is 0.161. The molecule has 0 aromatic carbocycles. The number of hydrogen-bond donors (Lipinski definition) is 0. The molecule has 0 spiro atoms. The summed E-state index contributed by atoms with van der Waals surface area (Å²) in [4.78, 5) is 21.0. The van der Waals surface area contributed by atoms with E-state index in [9.17, 15) is 19.8 Å². The first-order chi connectivity index (χ1) is 9.57. The molecule has 0 amide bonds. The molecule has 5 heteroatoms. The number of unbranched alkanes of at least 4 members (excludes halogenated alkanes) is 9. The number of carbonyl (C=O) groups is 2. The van der Waals surface area contributed by atoms with Gasteiger partial charge in [0.05, 0.1) is 11.9 Å². The van der Waals surface area contributed by atoms with Gasteiger partial charge in [0.15, 0.2) is 0 Å². The predicted molar refractivity (Wildman–Crippen MR) is 80.3 cm³/mol. The van der Waals surface area contributed by atoms with Crippen LogP contribution in [0, 0.1) is 0 Å². The molecule has 116 valence electrons. The second-order valence-corrected chi connectivity index (χ2v) is 5.21. The third kappa shape index (κ3) is 16.4. The minimum Gasteiger partial charge on any atom is -0.545 e. The van der Waals surface area contributed by atoms with Gasteiger partial charge in [-0.2, -0.15) is 0 Å². The van der Waals surface area contributed by atoms with Crippen LogP contribution >= 0.6 is 0 Å². The summed E-state index contributed by atoms with van der Waals surface area (Å²) in [6.07, 6.45) is 12.4. The monoisotopic (exact) mass is 370 g/mol. The van der Waals surface area contributed by atoms with E-state index in [1.54, 1.807) is 0 Å². The number of aliphatic carboxylic acids is 2. The molecular weight excluding hydrogens is 344 g/mol. The molecule has 0 fully saturated rings. The number of carbonyl (C=O) groups excluding carboxylic acids is 2. The van der Waals surface area contributed by atoms with E-state index in [-0.39, 0.29) is 57.5 Å². The van der Waals surface area contributed by atoms with Crippen LogP contribution in [0.25, 0.3) is 0 Å². The van der Waals surface area contributed by atoms with Gasteiger partial charge < -0.3 is 19.8 Å². The zero-order valence-electron chi connectivity index (χ0n) is 13.2. The van der Waals surface area contributed by atoms with Gasteiger partial charge in [-0.3, -0.25) is 0 Å². The van der Waals surface area contributed by atoms with Gasteiger partial charge in [0.1, 0.15) is 0 Å². The minimum atomic E-state index is -1.48. The number of carboxylic acid groups (broad SMARTS) is 2. The van der Waals surface area contributed by atoms with Crippen LogP contribution in [0.15, 0.2) is 11.6 Å². The van der Waals surface area contributed by atoms with Crippen LogP contribution in [-0.2, 0) is 9.59 Å². The molecule has 0 unspecified atom stereocenters. The molecule has 21 heavy (non-hydrogen) atoms. The van der Waals surface area contributed by atoms with E-state index < -0.39 is 11.9 Å². The molecule has 0 aromatic heterocycles. The Morgan fingerprint density at radius 1 is 0.810 bits per heavy atom. The Morgan fingerprint density at radius 2 is 1.24 bits per heavy atom. The summed E-state index contributed by atoms with van der Waals surface area (Å²) in [5.74, 6) is -2.89. The smallest absolute Gasteiger partial charge is 0.545 e. The molecule has 0 aliphatic rings. The van der Waals surface area contributed by atoms with Gasteiger partial charge in [0.25, 0.3) is 0 Å². The van der Waals surface area contributed by atoms with E-state index in [1.165, 1.54) is 38.5 Å². The van der Waals surface area contributed by atoms with Gasteiger partial charge in [-0.15, -0.1) is 0 Å². The molecule has 0 aliphatic heterocycles. The molecule has 0 saturated heterocycles. The predicted octanol–water partition coefficient (Wildman–Crippen LogP) is 1.34. The summed E-state index contributed by atoms with van der Waals surface area (Å²) in [6, 6.07) is 0. The van der Waals surface area contributed by atoms with E-state index in [1.807, 2.05) is 0 Å². The second kappa shape index (κ2) is 16.5. The third-order valence-corrected chi connectivity index (χ3v) is 3.35. The fraction of sp³-hybridized carbons (Fsp3) is 0.750. The van der Waals surface area contributed by atoms with Gasteiger partial charge in [-0.05, 0) is 24.5 Å². The summed E-state index contributed by atoms with van der Waals surface area (Å²) in [5.41, 5.74) is -0.176. The van der Waals surface area contributed by atoms with Gasteiger partial charge in [-0.1, -0.05) is 64.7 Å². The molecule has 0 atom stereocenters. The Kier molecular flexibility index (Phi) is 18.4. The number of carboxylic acids is 2. The quantitative estimate of drug-likeness (QED) is 0.279. The van der Waals surface area contributed by atoms with Gasteiger partial charge in [0.2, 0.25) is 0 Å². The van der Waals surface area contributed by atoms with Crippen molar-refractivity contribution < 1.29 is 19.8 Å². The zero-order chi connectivity index (χ0) is 15.2. The first-order valence-electron chi connectivity index (χ1n) is 7.70. The van der Waals surface area contributed by atoms with Crippen molar-refractivity contribution in [2.75, 3.05) is 0 Å². The van der Waals surface area contributed by atoms with E-state index in [4.69, 9.17) is 0 Å². The largest absolute Gasteiger partial charge is 2.00 e. The molecule has 0 bridgehead atoms. The summed E-state index contributed by atoms with van der Waals surface area (Å²) in [5, 5.41) is 21.0. The van der Waals surface area contributed by atoms with Crippen molar-refractivity contribution in [1.82, 2.24) is 0 Å². The topological polar surface area (TPSA) is 80.3 Å². The van der Waals surface area contributed by atoms with E-state index >= 15 is 0 Å². The second-order valence-electron chi connectivity index (χ2n) is 5.21. The first kappa shape index (κ1) is 23.4. The van der Waals surface area contributed by atoms with Crippen LogP contribution in [0.2, 0.25) is 0 Å². The van der Waals surface area contributed by atoms with Crippen molar-refractivity contribution in [1.29, 1.82) is 0 Å². The van der Waals surface area contributed by atoms with Gasteiger partial charge in [-0.25, -0.2) is 0 Å². The van der Waals surface area contributed by atoms with Crippen LogP contribution in [0.5, 0.6) is 0 Å². The van der Waals surface area contributed by atoms with Crippen molar-refractivity contribution in [3.8, 4) is 0 Å². The molecule has 0 aliphatic carbocycles. The molecule has 0 saturated carbocycles.